The van der Waals surface area contributed by atoms with Crippen molar-refractivity contribution in [2.75, 3.05) is 49.1 Å². The summed E-state index contributed by atoms with van der Waals surface area (Å²) in [5.41, 5.74) is 3.48. The molecule has 2 aliphatic heterocycles. The zero-order valence-electron chi connectivity index (χ0n) is 19.1. The Morgan fingerprint density at radius 1 is 0.968 bits per heavy atom. The van der Waals surface area contributed by atoms with E-state index in [1.807, 2.05) is 29.2 Å². The lowest BCUT2D eigenvalue weighted by molar-refractivity contribution is -0.120. The SMILES string of the molecule is CCN1CCN(c2ccccc2C[C@@H]2CCN(c3ccc(C(C)(C)O)cc3)C2=O)CC1. The van der Waals surface area contributed by atoms with E-state index in [0.717, 1.165) is 63.4 Å². The average molecular weight is 422 g/mol. The topological polar surface area (TPSA) is 47.0 Å². The van der Waals surface area contributed by atoms with E-state index in [-0.39, 0.29) is 11.8 Å². The maximum atomic E-state index is 13.2. The van der Waals surface area contributed by atoms with Gasteiger partial charge < -0.3 is 19.8 Å². The van der Waals surface area contributed by atoms with Crippen LogP contribution >= 0.6 is 0 Å². The summed E-state index contributed by atoms with van der Waals surface area (Å²) in [5, 5.41) is 10.2. The van der Waals surface area contributed by atoms with E-state index in [0.29, 0.717) is 0 Å². The molecule has 2 saturated heterocycles. The molecule has 166 valence electrons. The molecule has 31 heavy (non-hydrogen) atoms. The van der Waals surface area contributed by atoms with Gasteiger partial charge in [-0.15, -0.1) is 0 Å². The highest BCUT2D eigenvalue weighted by Gasteiger charge is 2.33. The predicted octanol–water partition coefficient (Wildman–Crippen LogP) is 3.65. The average Bonchev–Trinajstić information content (AvgIpc) is 3.14. The first-order valence-corrected chi connectivity index (χ1v) is 11.6. The Bertz CT molecular complexity index is 896. The minimum atomic E-state index is -0.873. The van der Waals surface area contributed by atoms with Crippen molar-refractivity contribution in [1.82, 2.24) is 4.90 Å². The van der Waals surface area contributed by atoms with Gasteiger partial charge in [0.25, 0.3) is 0 Å². The minimum Gasteiger partial charge on any atom is -0.386 e. The van der Waals surface area contributed by atoms with E-state index in [2.05, 4.69) is 41.0 Å². The van der Waals surface area contributed by atoms with E-state index < -0.39 is 5.60 Å². The molecule has 2 aromatic carbocycles. The lowest BCUT2D eigenvalue weighted by Crippen LogP contribution is -2.46. The van der Waals surface area contributed by atoms with Gasteiger partial charge in [0.2, 0.25) is 5.91 Å². The second-order valence-electron chi connectivity index (χ2n) is 9.34. The monoisotopic (exact) mass is 421 g/mol. The second-order valence-corrected chi connectivity index (χ2v) is 9.34. The number of nitrogens with zero attached hydrogens (tertiary/aromatic N) is 3. The van der Waals surface area contributed by atoms with Gasteiger partial charge in [0.05, 0.1) is 5.60 Å². The molecule has 2 aliphatic rings. The lowest BCUT2D eigenvalue weighted by Gasteiger charge is -2.36. The summed E-state index contributed by atoms with van der Waals surface area (Å²) >= 11 is 0. The van der Waals surface area contributed by atoms with Crippen molar-refractivity contribution in [3.63, 3.8) is 0 Å². The van der Waals surface area contributed by atoms with Crippen LogP contribution in [0.25, 0.3) is 0 Å². The van der Waals surface area contributed by atoms with Crippen LogP contribution in [-0.4, -0.2) is 55.2 Å². The molecular weight excluding hydrogens is 386 g/mol. The van der Waals surface area contributed by atoms with Crippen molar-refractivity contribution >= 4 is 17.3 Å². The Morgan fingerprint density at radius 2 is 1.65 bits per heavy atom. The molecule has 2 fully saturated rings. The number of rotatable bonds is 6. The zero-order chi connectivity index (χ0) is 22.0. The van der Waals surface area contributed by atoms with Gasteiger partial charge in [-0.1, -0.05) is 37.3 Å². The van der Waals surface area contributed by atoms with Crippen molar-refractivity contribution in [2.24, 2.45) is 5.92 Å². The van der Waals surface area contributed by atoms with Crippen LogP contribution < -0.4 is 9.80 Å². The molecule has 0 saturated carbocycles. The van der Waals surface area contributed by atoms with Gasteiger partial charge in [-0.2, -0.15) is 0 Å². The fourth-order valence-electron chi connectivity index (χ4n) is 4.80. The largest absolute Gasteiger partial charge is 0.386 e. The quantitative estimate of drug-likeness (QED) is 0.773. The number of para-hydroxylation sites is 1. The molecule has 0 aliphatic carbocycles. The number of likely N-dealkylation sites (N-methyl/N-ethyl adjacent to an activating group) is 1. The van der Waals surface area contributed by atoms with E-state index >= 15 is 0 Å². The first kappa shape index (κ1) is 21.8. The molecule has 2 heterocycles. The Hall–Kier alpha value is -2.37. The summed E-state index contributed by atoms with van der Waals surface area (Å²) in [5.74, 6) is 0.230. The van der Waals surface area contributed by atoms with E-state index in [1.165, 1.54) is 11.3 Å². The fraction of sp³-hybridized carbons (Fsp3) is 0.500. The van der Waals surface area contributed by atoms with Crippen LogP contribution in [0.15, 0.2) is 48.5 Å². The van der Waals surface area contributed by atoms with Gasteiger partial charge in [0.15, 0.2) is 0 Å². The molecule has 4 rings (SSSR count). The van der Waals surface area contributed by atoms with Crippen LogP contribution in [0.2, 0.25) is 0 Å². The molecule has 5 heteroatoms. The number of carbonyl (C=O) groups is 1. The van der Waals surface area contributed by atoms with Crippen LogP contribution in [0.3, 0.4) is 0 Å². The molecule has 1 N–H and O–H groups in total. The molecule has 5 nitrogen and oxygen atoms in total. The zero-order valence-corrected chi connectivity index (χ0v) is 19.1. The molecule has 0 radical (unpaired) electrons. The first-order chi connectivity index (χ1) is 14.9. The van der Waals surface area contributed by atoms with E-state index in [1.54, 1.807) is 13.8 Å². The molecule has 2 aromatic rings. The molecule has 0 spiro atoms. The van der Waals surface area contributed by atoms with Gasteiger partial charge in [0, 0.05) is 50.0 Å². The third kappa shape index (κ3) is 4.78. The van der Waals surface area contributed by atoms with Crippen LogP contribution in [0.5, 0.6) is 0 Å². The number of carbonyl (C=O) groups excluding carboxylic acids is 1. The number of benzene rings is 2. The number of hydrogen-bond acceptors (Lipinski definition) is 4. The molecule has 1 atom stereocenters. The highest BCUT2D eigenvalue weighted by Crippen LogP contribution is 2.32. The number of amides is 1. The van der Waals surface area contributed by atoms with Gasteiger partial charge >= 0.3 is 0 Å². The third-order valence-corrected chi connectivity index (χ3v) is 6.82. The van der Waals surface area contributed by atoms with Crippen molar-refractivity contribution < 1.29 is 9.90 Å². The van der Waals surface area contributed by atoms with Crippen molar-refractivity contribution in [3.05, 3.63) is 59.7 Å². The van der Waals surface area contributed by atoms with Crippen LogP contribution in [0.4, 0.5) is 11.4 Å². The Balaban J connectivity index is 1.45. The Morgan fingerprint density at radius 3 is 2.29 bits per heavy atom. The highest BCUT2D eigenvalue weighted by molar-refractivity contribution is 5.97. The first-order valence-electron chi connectivity index (χ1n) is 11.6. The van der Waals surface area contributed by atoms with Crippen LogP contribution in [0, 0.1) is 5.92 Å². The molecule has 0 bridgehead atoms. The minimum absolute atomic E-state index is 0.0204. The number of anilines is 2. The second kappa shape index (κ2) is 9.01. The molecule has 1 amide bonds. The molecule has 0 aromatic heterocycles. The fourth-order valence-corrected chi connectivity index (χ4v) is 4.80. The molecule has 0 unspecified atom stereocenters. The Kier molecular flexibility index (Phi) is 6.35. The summed E-state index contributed by atoms with van der Waals surface area (Å²) in [4.78, 5) is 20.1. The predicted molar refractivity (Wildman–Crippen MR) is 127 cm³/mol. The van der Waals surface area contributed by atoms with Gasteiger partial charge in [0.1, 0.15) is 0 Å². The van der Waals surface area contributed by atoms with E-state index in [4.69, 9.17) is 0 Å². The lowest BCUT2D eigenvalue weighted by atomic mass is 9.96. The van der Waals surface area contributed by atoms with Crippen molar-refractivity contribution in [2.45, 2.75) is 39.2 Å². The smallest absolute Gasteiger partial charge is 0.230 e. The number of hydrogen-bond donors (Lipinski definition) is 1. The summed E-state index contributed by atoms with van der Waals surface area (Å²) in [6, 6.07) is 16.3. The standard InChI is InChI=1S/C26H35N3O2/c1-4-27-15-17-28(18-16-27)24-8-6-5-7-20(24)19-21-13-14-29(25(21)30)23-11-9-22(10-12-23)26(2,3)31/h5-12,21,31H,4,13-19H2,1-3H3/t21-/m0/s1. The summed E-state index contributed by atoms with van der Waals surface area (Å²) < 4.78 is 0. The molecular formula is C26H35N3O2. The number of piperazine rings is 1. The maximum absolute atomic E-state index is 13.2. The van der Waals surface area contributed by atoms with Gasteiger partial charge in [-0.3, -0.25) is 4.79 Å². The highest BCUT2D eigenvalue weighted by atomic mass is 16.3. The summed E-state index contributed by atoms with van der Waals surface area (Å²) in [7, 11) is 0. The van der Waals surface area contributed by atoms with Crippen molar-refractivity contribution in [1.29, 1.82) is 0 Å². The van der Waals surface area contributed by atoms with Crippen LogP contribution in [0.1, 0.15) is 38.3 Å². The third-order valence-electron chi connectivity index (χ3n) is 6.82. The van der Waals surface area contributed by atoms with Gasteiger partial charge in [-0.25, -0.2) is 0 Å². The van der Waals surface area contributed by atoms with Crippen molar-refractivity contribution in [3.8, 4) is 0 Å². The number of aliphatic hydroxyl groups is 1. The van der Waals surface area contributed by atoms with Gasteiger partial charge in [-0.05, 0) is 62.6 Å². The Labute approximate surface area is 186 Å². The summed E-state index contributed by atoms with van der Waals surface area (Å²) in [6.45, 7) is 11.9. The summed E-state index contributed by atoms with van der Waals surface area (Å²) in [6.07, 6.45) is 1.67. The normalized spacial score (nSPS) is 20.5. The van der Waals surface area contributed by atoms with Crippen LogP contribution in [-0.2, 0) is 16.8 Å². The maximum Gasteiger partial charge on any atom is 0.230 e. The van der Waals surface area contributed by atoms with E-state index in [9.17, 15) is 9.90 Å².